The van der Waals surface area contributed by atoms with Crippen molar-refractivity contribution in [3.05, 3.63) is 0 Å². The summed E-state index contributed by atoms with van der Waals surface area (Å²) in [7, 11) is 5.21. The van der Waals surface area contributed by atoms with Crippen molar-refractivity contribution in [3.8, 4) is 0 Å². The molecule has 0 amide bonds. The van der Waals surface area contributed by atoms with Gasteiger partial charge in [0.05, 0.1) is 40.4 Å². The maximum Gasteiger partial charge on any atom is 2.00 e. The SMILES string of the molecule is C[N+](C)(C)C[C@@H](CC(=O)O)OC(=O)CC(O)(CC(=O)O)C(=O)O.[Ca+2].[H-].[H-]. The van der Waals surface area contributed by atoms with E-state index in [4.69, 9.17) is 20.1 Å². The summed E-state index contributed by atoms with van der Waals surface area (Å²) < 4.78 is 5.19. The van der Waals surface area contributed by atoms with E-state index in [-0.39, 0.29) is 51.6 Å². The van der Waals surface area contributed by atoms with Crippen LogP contribution in [0.5, 0.6) is 0 Å². The number of carbonyl (C=O) groups is 4. The Hall–Kier alpha value is -0.940. The first-order chi connectivity index (χ1) is 10.2. The number of quaternary nitrogens is 1. The Morgan fingerprint density at radius 3 is 1.88 bits per heavy atom. The van der Waals surface area contributed by atoms with Gasteiger partial charge < -0.3 is 32.5 Å². The number of esters is 1. The maximum atomic E-state index is 11.8. The summed E-state index contributed by atoms with van der Waals surface area (Å²) in [5.41, 5.74) is -2.81. The predicted octanol–water partition coefficient (Wildman–Crippen LogP) is -1.40. The van der Waals surface area contributed by atoms with Crippen LogP contribution < -0.4 is 0 Å². The van der Waals surface area contributed by atoms with Crippen molar-refractivity contribution in [1.29, 1.82) is 0 Å². The number of carboxylic acid groups (broad SMARTS) is 3. The van der Waals surface area contributed by atoms with Crippen LogP contribution in [0.15, 0.2) is 0 Å². The number of likely N-dealkylation sites (N-methyl/N-ethyl adjacent to an activating group) is 1. The van der Waals surface area contributed by atoms with Crippen molar-refractivity contribution >= 4 is 61.6 Å². The van der Waals surface area contributed by atoms with Crippen molar-refractivity contribution in [2.75, 3.05) is 27.7 Å². The van der Waals surface area contributed by atoms with E-state index in [9.17, 15) is 24.3 Å². The molecule has 0 rings (SSSR count). The molecule has 0 saturated carbocycles. The monoisotopic (exact) mass is 378 g/mol. The van der Waals surface area contributed by atoms with E-state index in [0.717, 1.165) is 0 Å². The number of hydrogen-bond donors (Lipinski definition) is 4. The fourth-order valence-corrected chi connectivity index (χ4v) is 1.88. The Bertz CT molecular complexity index is 498. The van der Waals surface area contributed by atoms with Gasteiger partial charge in [-0.3, -0.25) is 14.4 Å². The molecule has 10 nitrogen and oxygen atoms in total. The number of carboxylic acids is 3. The molecule has 0 aliphatic rings. The Labute approximate surface area is 171 Å². The van der Waals surface area contributed by atoms with Crippen LogP contribution in [0.4, 0.5) is 0 Å². The molecule has 0 aromatic heterocycles. The minimum absolute atomic E-state index is 0. The van der Waals surface area contributed by atoms with Crippen LogP contribution in [0.1, 0.15) is 22.1 Å². The minimum atomic E-state index is -2.81. The third-order valence-corrected chi connectivity index (χ3v) is 2.73. The van der Waals surface area contributed by atoms with Gasteiger partial charge in [-0.1, -0.05) is 0 Å². The summed E-state index contributed by atoms with van der Waals surface area (Å²) in [6, 6.07) is 0. The quantitative estimate of drug-likeness (QED) is 0.204. The van der Waals surface area contributed by atoms with Crippen LogP contribution in [0.3, 0.4) is 0 Å². The summed E-state index contributed by atoms with van der Waals surface area (Å²) >= 11 is 0. The van der Waals surface area contributed by atoms with Crippen LogP contribution in [-0.2, 0) is 23.9 Å². The predicted molar refractivity (Wildman–Crippen MR) is 82.5 cm³/mol. The molecule has 0 aliphatic heterocycles. The zero-order valence-corrected chi connectivity index (χ0v) is 16.1. The van der Waals surface area contributed by atoms with E-state index >= 15 is 0 Å². The molecule has 24 heavy (non-hydrogen) atoms. The molecule has 2 atom stereocenters. The van der Waals surface area contributed by atoms with Crippen LogP contribution in [0, 0.1) is 0 Å². The molecule has 0 aromatic rings. The number of carbonyl (C=O) groups excluding carboxylic acids is 1. The van der Waals surface area contributed by atoms with E-state index in [2.05, 4.69) is 0 Å². The van der Waals surface area contributed by atoms with Crippen molar-refractivity contribution in [2.45, 2.75) is 31.0 Å². The molecule has 0 radical (unpaired) electrons. The van der Waals surface area contributed by atoms with Gasteiger partial charge in [-0.2, -0.15) is 0 Å². The zero-order valence-electron chi connectivity index (χ0n) is 15.9. The number of rotatable bonds is 10. The minimum Gasteiger partial charge on any atom is -1.00 e. The van der Waals surface area contributed by atoms with Gasteiger partial charge >= 0.3 is 61.6 Å². The molecule has 0 bridgehead atoms. The van der Waals surface area contributed by atoms with Gasteiger partial charge in [0.25, 0.3) is 0 Å². The van der Waals surface area contributed by atoms with E-state index < -0.39 is 54.8 Å². The molecule has 0 saturated heterocycles. The third-order valence-electron chi connectivity index (χ3n) is 2.73. The third kappa shape index (κ3) is 10.8. The summed E-state index contributed by atoms with van der Waals surface area (Å²) in [6.07, 6.45) is -3.81. The largest absolute Gasteiger partial charge is 2.00 e. The first kappa shape index (κ1) is 25.3. The summed E-state index contributed by atoms with van der Waals surface area (Å²) in [4.78, 5) is 44.1. The van der Waals surface area contributed by atoms with Crippen LogP contribution in [0.2, 0.25) is 0 Å². The average molecular weight is 378 g/mol. The van der Waals surface area contributed by atoms with Gasteiger partial charge in [0.2, 0.25) is 0 Å². The van der Waals surface area contributed by atoms with E-state index in [0.29, 0.717) is 0 Å². The molecule has 136 valence electrons. The van der Waals surface area contributed by atoms with Crippen molar-refractivity contribution < 1.29 is 51.7 Å². The fraction of sp³-hybridized carbons (Fsp3) is 0.692. The number of nitrogens with zero attached hydrogens (tertiary/aromatic N) is 1. The molecule has 0 spiro atoms. The standard InChI is InChI=1S/C13H21NO9.Ca.2H/c1-14(2,3)7-8(4-9(15)16)23-11(19)6-13(22,12(20)21)5-10(17)18;;;/h8,22H,4-7H2,1-3H3,(H2-,15,16,17,18,20,21);;;/q;+2;2*-1/p+1/t8-,13?;;;/m1.../s1. The number of hydrogen-bond acceptors (Lipinski definition) is 6. The van der Waals surface area contributed by atoms with E-state index in [1.165, 1.54) is 0 Å². The first-order valence-electron chi connectivity index (χ1n) is 6.64. The van der Waals surface area contributed by atoms with Gasteiger partial charge in [0.1, 0.15) is 6.54 Å². The topological polar surface area (TPSA) is 158 Å². The van der Waals surface area contributed by atoms with Gasteiger partial charge in [0.15, 0.2) is 11.7 Å². The molecule has 0 aliphatic carbocycles. The Morgan fingerprint density at radius 2 is 1.54 bits per heavy atom. The molecule has 0 aromatic carbocycles. The fourth-order valence-electron chi connectivity index (χ4n) is 1.88. The van der Waals surface area contributed by atoms with Gasteiger partial charge in [0, 0.05) is 0 Å². The number of ether oxygens (including phenoxy) is 1. The van der Waals surface area contributed by atoms with Gasteiger partial charge in [-0.15, -0.1) is 0 Å². The first-order valence-corrected chi connectivity index (χ1v) is 6.64. The Kier molecular flexibility index (Phi) is 10.7. The summed E-state index contributed by atoms with van der Waals surface area (Å²) in [5, 5.41) is 36.1. The van der Waals surface area contributed by atoms with E-state index in [1.54, 1.807) is 21.1 Å². The zero-order chi connectivity index (χ0) is 18.4. The van der Waals surface area contributed by atoms with E-state index in [1.807, 2.05) is 0 Å². The van der Waals surface area contributed by atoms with Crippen LogP contribution in [0.25, 0.3) is 0 Å². The molecule has 11 heteroatoms. The molecule has 1 unspecified atom stereocenters. The molecule has 4 N–H and O–H groups in total. The molecular weight excluding hydrogens is 354 g/mol. The van der Waals surface area contributed by atoms with Crippen LogP contribution >= 0.6 is 0 Å². The van der Waals surface area contributed by atoms with Crippen molar-refractivity contribution in [2.24, 2.45) is 0 Å². The van der Waals surface area contributed by atoms with Gasteiger partial charge in [-0.25, -0.2) is 4.79 Å². The average Bonchev–Trinajstić information content (AvgIpc) is 2.22. The Morgan fingerprint density at radius 1 is 1.04 bits per heavy atom. The molecule has 0 heterocycles. The summed E-state index contributed by atoms with van der Waals surface area (Å²) in [5.74, 6) is -5.87. The molecule has 0 fully saturated rings. The Balaban J connectivity index is -0.000000807. The number of aliphatic carboxylic acids is 3. The van der Waals surface area contributed by atoms with Crippen molar-refractivity contribution in [1.82, 2.24) is 0 Å². The van der Waals surface area contributed by atoms with Gasteiger partial charge in [-0.05, 0) is 0 Å². The normalized spacial score (nSPS) is 14.7. The smallest absolute Gasteiger partial charge is 1.00 e. The van der Waals surface area contributed by atoms with Crippen molar-refractivity contribution in [3.63, 3.8) is 0 Å². The van der Waals surface area contributed by atoms with Crippen LogP contribution in [-0.4, -0.2) is 126 Å². The summed E-state index contributed by atoms with van der Waals surface area (Å²) in [6.45, 7) is 0.141. The molecular formula is C13H24CaNO9+. The second kappa shape index (κ2) is 10.1. The second-order valence-electron chi connectivity index (χ2n) is 6.27. The maximum absolute atomic E-state index is 11.8. The second-order valence-corrected chi connectivity index (χ2v) is 6.27. The number of aliphatic hydroxyl groups is 1.